The van der Waals surface area contributed by atoms with E-state index in [4.69, 9.17) is 0 Å². The van der Waals surface area contributed by atoms with E-state index in [9.17, 15) is 0 Å². The van der Waals surface area contributed by atoms with Gasteiger partial charge in [0.05, 0.1) is 0 Å². The molecule has 84 valence electrons. The lowest BCUT2D eigenvalue weighted by Gasteiger charge is -2.28. The Balaban J connectivity index is 2.20. The van der Waals surface area contributed by atoms with Crippen molar-refractivity contribution in [3.63, 3.8) is 0 Å². The minimum Gasteiger partial charge on any atom is -0.316 e. The molecule has 1 aliphatic rings. The molecule has 0 amide bonds. The van der Waals surface area contributed by atoms with Gasteiger partial charge in [-0.1, -0.05) is 27.7 Å². The summed E-state index contributed by atoms with van der Waals surface area (Å²) in [6.07, 6.45) is 2.56. The fourth-order valence-electron chi connectivity index (χ4n) is 1.85. The second-order valence-corrected chi connectivity index (χ2v) is 5.86. The zero-order chi connectivity index (χ0) is 10.7. The highest BCUT2D eigenvalue weighted by Gasteiger charge is 2.28. The van der Waals surface area contributed by atoms with E-state index >= 15 is 0 Å². The molecule has 1 aliphatic heterocycles. The molecule has 0 saturated carbocycles. The summed E-state index contributed by atoms with van der Waals surface area (Å²) in [5, 5.41) is 7.05. The van der Waals surface area contributed by atoms with Crippen LogP contribution in [-0.4, -0.2) is 26.2 Å². The summed E-state index contributed by atoms with van der Waals surface area (Å²) in [4.78, 5) is 0. The molecular weight excluding hydrogens is 172 g/mol. The van der Waals surface area contributed by atoms with Crippen molar-refractivity contribution in [1.82, 2.24) is 10.6 Å². The van der Waals surface area contributed by atoms with E-state index < -0.39 is 0 Å². The Morgan fingerprint density at radius 2 is 2.14 bits per heavy atom. The third kappa shape index (κ3) is 3.58. The molecule has 2 N–H and O–H groups in total. The van der Waals surface area contributed by atoms with Gasteiger partial charge in [-0.25, -0.2) is 0 Å². The largest absolute Gasteiger partial charge is 0.316 e. The van der Waals surface area contributed by atoms with Crippen LogP contribution in [0.4, 0.5) is 0 Å². The zero-order valence-electron chi connectivity index (χ0n) is 10.2. The Bertz CT molecular complexity index is 169. The SMILES string of the molecule is CCC(C)(C)CNCC1(C)CCNC1. The fraction of sp³-hybridized carbons (Fsp3) is 1.00. The fourth-order valence-corrected chi connectivity index (χ4v) is 1.85. The van der Waals surface area contributed by atoms with E-state index in [2.05, 4.69) is 38.3 Å². The Morgan fingerprint density at radius 1 is 1.43 bits per heavy atom. The predicted molar refractivity (Wildman–Crippen MR) is 62.5 cm³/mol. The molecule has 2 nitrogen and oxygen atoms in total. The molecule has 0 spiro atoms. The summed E-state index contributed by atoms with van der Waals surface area (Å²) in [7, 11) is 0. The molecular formula is C12H26N2. The van der Waals surface area contributed by atoms with Gasteiger partial charge < -0.3 is 10.6 Å². The molecule has 0 bridgehead atoms. The van der Waals surface area contributed by atoms with Crippen molar-refractivity contribution in [1.29, 1.82) is 0 Å². The molecule has 1 unspecified atom stereocenters. The first-order valence-corrected chi connectivity index (χ1v) is 5.89. The Morgan fingerprint density at radius 3 is 2.64 bits per heavy atom. The van der Waals surface area contributed by atoms with Gasteiger partial charge in [-0.15, -0.1) is 0 Å². The monoisotopic (exact) mass is 198 g/mol. The van der Waals surface area contributed by atoms with Gasteiger partial charge in [0.2, 0.25) is 0 Å². The normalized spacial score (nSPS) is 28.3. The first-order valence-electron chi connectivity index (χ1n) is 5.89. The van der Waals surface area contributed by atoms with E-state index in [1.807, 2.05) is 0 Å². The lowest BCUT2D eigenvalue weighted by Crippen LogP contribution is -2.38. The molecule has 0 radical (unpaired) electrons. The number of hydrogen-bond donors (Lipinski definition) is 2. The maximum absolute atomic E-state index is 3.62. The minimum absolute atomic E-state index is 0.447. The van der Waals surface area contributed by atoms with Crippen molar-refractivity contribution in [2.75, 3.05) is 26.2 Å². The third-order valence-corrected chi connectivity index (χ3v) is 3.57. The third-order valence-electron chi connectivity index (χ3n) is 3.57. The smallest absolute Gasteiger partial charge is 0.00180 e. The van der Waals surface area contributed by atoms with E-state index in [0.29, 0.717) is 10.8 Å². The van der Waals surface area contributed by atoms with Crippen molar-refractivity contribution in [2.24, 2.45) is 10.8 Å². The molecule has 14 heavy (non-hydrogen) atoms. The van der Waals surface area contributed by atoms with E-state index in [1.165, 1.54) is 25.9 Å². The summed E-state index contributed by atoms with van der Waals surface area (Å²) < 4.78 is 0. The highest BCUT2D eigenvalue weighted by molar-refractivity contribution is 4.86. The second-order valence-electron chi connectivity index (χ2n) is 5.86. The lowest BCUT2D eigenvalue weighted by molar-refractivity contribution is 0.280. The Kier molecular flexibility index (Phi) is 3.96. The highest BCUT2D eigenvalue weighted by atomic mass is 15.0. The van der Waals surface area contributed by atoms with Crippen LogP contribution in [0.1, 0.15) is 40.5 Å². The number of hydrogen-bond acceptors (Lipinski definition) is 2. The summed E-state index contributed by atoms with van der Waals surface area (Å²) in [5.41, 5.74) is 0.937. The molecule has 1 heterocycles. The molecule has 1 rings (SSSR count). The Hall–Kier alpha value is -0.0800. The maximum Gasteiger partial charge on any atom is 0.00180 e. The van der Waals surface area contributed by atoms with Crippen LogP contribution in [0.25, 0.3) is 0 Å². The lowest BCUT2D eigenvalue weighted by atomic mass is 9.87. The molecule has 0 aromatic heterocycles. The summed E-state index contributed by atoms with van der Waals surface area (Å²) in [6, 6.07) is 0. The van der Waals surface area contributed by atoms with Gasteiger partial charge in [-0.3, -0.25) is 0 Å². The van der Waals surface area contributed by atoms with Crippen LogP contribution in [-0.2, 0) is 0 Å². The van der Waals surface area contributed by atoms with E-state index in [-0.39, 0.29) is 0 Å². The van der Waals surface area contributed by atoms with Crippen molar-refractivity contribution >= 4 is 0 Å². The second kappa shape index (κ2) is 4.63. The van der Waals surface area contributed by atoms with Crippen molar-refractivity contribution < 1.29 is 0 Å². The average molecular weight is 198 g/mol. The van der Waals surface area contributed by atoms with Crippen LogP contribution in [0.3, 0.4) is 0 Å². The van der Waals surface area contributed by atoms with E-state index in [0.717, 1.165) is 13.1 Å². The van der Waals surface area contributed by atoms with Crippen LogP contribution < -0.4 is 10.6 Å². The molecule has 0 aliphatic carbocycles. The van der Waals surface area contributed by atoms with Crippen LogP contribution in [0.5, 0.6) is 0 Å². The van der Waals surface area contributed by atoms with Crippen LogP contribution in [0.2, 0.25) is 0 Å². The summed E-state index contributed by atoms with van der Waals surface area (Å²) >= 11 is 0. The Labute approximate surface area is 88.8 Å². The molecule has 0 aromatic carbocycles. The van der Waals surface area contributed by atoms with Gasteiger partial charge in [0.25, 0.3) is 0 Å². The van der Waals surface area contributed by atoms with Crippen molar-refractivity contribution in [3.05, 3.63) is 0 Å². The summed E-state index contributed by atoms with van der Waals surface area (Å²) in [6.45, 7) is 14.0. The topological polar surface area (TPSA) is 24.1 Å². The van der Waals surface area contributed by atoms with Gasteiger partial charge in [0.1, 0.15) is 0 Å². The first-order chi connectivity index (χ1) is 6.47. The van der Waals surface area contributed by atoms with Crippen molar-refractivity contribution in [2.45, 2.75) is 40.5 Å². The van der Waals surface area contributed by atoms with Crippen LogP contribution >= 0.6 is 0 Å². The maximum atomic E-state index is 3.62. The van der Waals surface area contributed by atoms with Crippen LogP contribution in [0, 0.1) is 10.8 Å². The zero-order valence-corrected chi connectivity index (χ0v) is 10.2. The van der Waals surface area contributed by atoms with Gasteiger partial charge >= 0.3 is 0 Å². The predicted octanol–water partition coefficient (Wildman–Crippen LogP) is 2.01. The average Bonchev–Trinajstić information content (AvgIpc) is 2.52. The first kappa shape index (κ1) is 12.0. The van der Waals surface area contributed by atoms with Gasteiger partial charge in [-0.05, 0) is 30.2 Å². The number of rotatable bonds is 5. The minimum atomic E-state index is 0.447. The molecule has 1 atom stereocenters. The van der Waals surface area contributed by atoms with Gasteiger partial charge in [0.15, 0.2) is 0 Å². The van der Waals surface area contributed by atoms with Gasteiger partial charge in [-0.2, -0.15) is 0 Å². The van der Waals surface area contributed by atoms with E-state index in [1.54, 1.807) is 0 Å². The molecule has 1 saturated heterocycles. The highest BCUT2D eigenvalue weighted by Crippen LogP contribution is 2.24. The molecule has 1 fully saturated rings. The molecule has 2 heteroatoms. The summed E-state index contributed by atoms with van der Waals surface area (Å²) in [5.74, 6) is 0. The standard InChI is InChI=1S/C12H26N2/c1-5-11(2,3)8-14-10-12(4)6-7-13-9-12/h13-14H,5-10H2,1-4H3. The van der Waals surface area contributed by atoms with Gasteiger partial charge in [0, 0.05) is 19.6 Å². The van der Waals surface area contributed by atoms with Crippen molar-refractivity contribution in [3.8, 4) is 0 Å². The number of nitrogens with one attached hydrogen (secondary N) is 2. The quantitative estimate of drug-likeness (QED) is 0.706. The molecule has 0 aromatic rings. The van der Waals surface area contributed by atoms with Crippen LogP contribution in [0.15, 0.2) is 0 Å².